The van der Waals surface area contributed by atoms with Crippen LogP contribution in [0.4, 0.5) is 0 Å². The van der Waals surface area contributed by atoms with Crippen LogP contribution in [0.2, 0.25) is 0 Å². The largest absolute Gasteiger partial charge is 0.390 e. The van der Waals surface area contributed by atoms with E-state index in [1.54, 1.807) is 27.7 Å². The zero-order chi connectivity index (χ0) is 22.0. The average molecular weight is 422 g/mol. The summed E-state index contributed by atoms with van der Waals surface area (Å²) in [6, 6.07) is 0. The molecule has 0 bridgehead atoms. The van der Waals surface area contributed by atoms with E-state index in [1.807, 2.05) is 7.05 Å². The zero-order valence-corrected chi connectivity index (χ0v) is 18.1. The van der Waals surface area contributed by atoms with Crippen LogP contribution in [0.25, 0.3) is 0 Å². The topological polar surface area (TPSA) is 141 Å². The molecule has 0 spiro atoms. The summed E-state index contributed by atoms with van der Waals surface area (Å²) in [4.78, 5) is 0. The van der Waals surface area contributed by atoms with E-state index in [0.717, 1.165) is 13.0 Å². The maximum absolute atomic E-state index is 10.7. The van der Waals surface area contributed by atoms with Crippen molar-refractivity contribution in [2.45, 2.75) is 88.5 Å². The van der Waals surface area contributed by atoms with E-state index >= 15 is 0 Å². The fourth-order valence-corrected chi connectivity index (χ4v) is 4.14. The van der Waals surface area contributed by atoms with E-state index in [0.29, 0.717) is 6.42 Å². The fourth-order valence-electron chi connectivity index (χ4n) is 4.14. The Hall–Kier alpha value is -0.360. The number of rotatable bonds is 8. The molecule has 2 rings (SSSR count). The molecule has 29 heavy (non-hydrogen) atoms. The van der Waals surface area contributed by atoms with Crippen LogP contribution in [0.1, 0.15) is 40.5 Å². The summed E-state index contributed by atoms with van der Waals surface area (Å²) < 4.78 is 17.3. The summed E-state index contributed by atoms with van der Waals surface area (Å²) >= 11 is 0. The molecular weight excluding hydrogens is 382 g/mol. The lowest BCUT2D eigenvalue weighted by molar-refractivity contribution is -0.320. The van der Waals surface area contributed by atoms with E-state index in [9.17, 15) is 25.5 Å². The number of aliphatic hydroxyl groups excluding tert-OH is 4. The van der Waals surface area contributed by atoms with Crippen molar-refractivity contribution in [1.29, 1.82) is 0 Å². The molecule has 172 valence electrons. The van der Waals surface area contributed by atoms with Gasteiger partial charge in [0.15, 0.2) is 6.29 Å². The first kappa shape index (κ1) is 24.9. The molecule has 0 aromatic heterocycles. The quantitative estimate of drug-likeness (QED) is 0.272. The SMILES string of the molecule is CNCCCC1OCC(C(C)(C)OC2OCC(C(C)(C)O)C(O)C2O)C(O)C1O. The Morgan fingerprint density at radius 3 is 2.07 bits per heavy atom. The predicted octanol–water partition coefficient (Wildman–Crippen LogP) is -1.02. The average Bonchev–Trinajstić information content (AvgIpc) is 2.61. The molecule has 9 heteroatoms. The molecule has 9 nitrogen and oxygen atoms in total. The highest BCUT2D eigenvalue weighted by Crippen LogP contribution is 2.36. The highest BCUT2D eigenvalue weighted by Gasteiger charge is 2.50. The van der Waals surface area contributed by atoms with Gasteiger partial charge in [-0.2, -0.15) is 0 Å². The van der Waals surface area contributed by atoms with Crippen LogP contribution in [-0.4, -0.2) is 100 Å². The van der Waals surface area contributed by atoms with Gasteiger partial charge < -0.3 is 45.1 Å². The highest BCUT2D eigenvalue weighted by atomic mass is 16.7. The molecule has 8 unspecified atom stereocenters. The molecule has 0 aliphatic carbocycles. The molecule has 2 fully saturated rings. The van der Waals surface area contributed by atoms with Gasteiger partial charge in [-0.1, -0.05) is 0 Å². The molecule has 2 aliphatic rings. The molecule has 0 amide bonds. The van der Waals surface area contributed by atoms with Crippen molar-refractivity contribution >= 4 is 0 Å². The van der Waals surface area contributed by atoms with Gasteiger partial charge in [0.1, 0.15) is 12.2 Å². The van der Waals surface area contributed by atoms with Gasteiger partial charge in [-0.15, -0.1) is 0 Å². The normalized spacial score (nSPS) is 39.5. The summed E-state index contributed by atoms with van der Waals surface area (Å²) in [6.07, 6.45) is -4.82. The van der Waals surface area contributed by atoms with Crippen LogP contribution >= 0.6 is 0 Å². The van der Waals surface area contributed by atoms with Crippen LogP contribution in [0.3, 0.4) is 0 Å². The third-order valence-electron chi connectivity index (χ3n) is 6.25. The summed E-state index contributed by atoms with van der Waals surface area (Å²) in [6.45, 7) is 7.55. The summed E-state index contributed by atoms with van der Waals surface area (Å²) in [5.41, 5.74) is -2.23. The van der Waals surface area contributed by atoms with Gasteiger partial charge in [-0.25, -0.2) is 0 Å². The second-order valence-electron chi connectivity index (χ2n) is 9.37. The molecule has 0 saturated carbocycles. The van der Waals surface area contributed by atoms with Crippen LogP contribution in [-0.2, 0) is 14.2 Å². The van der Waals surface area contributed by atoms with E-state index in [1.165, 1.54) is 0 Å². The van der Waals surface area contributed by atoms with Crippen molar-refractivity contribution in [3.05, 3.63) is 0 Å². The van der Waals surface area contributed by atoms with Gasteiger partial charge in [0, 0.05) is 11.8 Å². The number of nitrogens with one attached hydrogen (secondary N) is 1. The molecule has 0 aromatic carbocycles. The van der Waals surface area contributed by atoms with Crippen molar-refractivity contribution in [3.63, 3.8) is 0 Å². The Bertz CT molecular complexity index is 511. The second-order valence-corrected chi connectivity index (χ2v) is 9.37. The maximum Gasteiger partial charge on any atom is 0.186 e. The van der Waals surface area contributed by atoms with E-state index in [-0.39, 0.29) is 13.2 Å². The minimum absolute atomic E-state index is 0.0162. The Morgan fingerprint density at radius 1 is 0.897 bits per heavy atom. The molecular formula is C20H39NO8. The van der Waals surface area contributed by atoms with Crippen molar-refractivity contribution < 1.29 is 39.7 Å². The van der Waals surface area contributed by atoms with Crippen LogP contribution in [0.5, 0.6) is 0 Å². The van der Waals surface area contributed by atoms with Crippen molar-refractivity contribution in [2.24, 2.45) is 11.8 Å². The predicted molar refractivity (Wildman–Crippen MR) is 105 cm³/mol. The maximum atomic E-state index is 10.7. The highest BCUT2D eigenvalue weighted by molar-refractivity contribution is 4.97. The molecule has 2 saturated heterocycles. The van der Waals surface area contributed by atoms with Crippen LogP contribution < -0.4 is 5.32 Å². The smallest absolute Gasteiger partial charge is 0.186 e. The lowest BCUT2D eigenvalue weighted by Crippen LogP contribution is -2.61. The van der Waals surface area contributed by atoms with E-state index in [2.05, 4.69) is 5.32 Å². The van der Waals surface area contributed by atoms with Gasteiger partial charge in [-0.3, -0.25) is 0 Å². The molecule has 6 N–H and O–H groups in total. The van der Waals surface area contributed by atoms with Gasteiger partial charge in [0.2, 0.25) is 0 Å². The number of hydrogen-bond acceptors (Lipinski definition) is 9. The molecule has 0 radical (unpaired) electrons. The first-order chi connectivity index (χ1) is 13.4. The molecule has 0 aromatic rings. The Kier molecular flexibility index (Phi) is 8.45. The minimum Gasteiger partial charge on any atom is -0.390 e. The number of hydrogen-bond donors (Lipinski definition) is 6. The third kappa shape index (κ3) is 5.87. The van der Waals surface area contributed by atoms with E-state index < -0.39 is 59.8 Å². The molecule has 8 atom stereocenters. The van der Waals surface area contributed by atoms with Gasteiger partial charge >= 0.3 is 0 Å². The van der Waals surface area contributed by atoms with Gasteiger partial charge in [0.25, 0.3) is 0 Å². The number of ether oxygens (including phenoxy) is 3. The summed E-state index contributed by atoms with van der Waals surface area (Å²) in [5.74, 6) is -1.22. The number of aliphatic hydroxyl groups is 5. The third-order valence-corrected chi connectivity index (χ3v) is 6.25. The Morgan fingerprint density at radius 2 is 1.48 bits per heavy atom. The zero-order valence-electron chi connectivity index (χ0n) is 18.1. The van der Waals surface area contributed by atoms with Crippen LogP contribution in [0.15, 0.2) is 0 Å². The van der Waals surface area contributed by atoms with Crippen molar-refractivity contribution in [1.82, 2.24) is 5.32 Å². The lowest BCUT2D eigenvalue weighted by atomic mass is 9.80. The summed E-state index contributed by atoms with van der Waals surface area (Å²) in [7, 11) is 1.85. The monoisotopic (exact) mass is 421 g/mol. The molecule has 2 heterocycles. The fraction of sp³-hybridized carbons (Fsp3) is 1.00. The van der Waals surface area contributed by atoms with E-state index in [4.69, 9.17) is 14.2 Å². The van der Waals surface area contributed by atoms with Gasteiger partial charge in [0.05, 0.1) is 42.7 Å². The first-order valence-electron chi connectivity index (χ1n) is 10.4. The summed E-state index contributed by atoms with van der Waals surface area (Å²) in [5, 5.41) is 55.2. The second kappa shape index (κ2) is 9.84. The Labute approximate surface area is 173 Å². The Balaban J connectivity index is 1.99. The van der Waals surface area contributed by atoms with Gasteiger partial charge in [-0.05, 0) is 54.1 Å². The van der Waals surface area contributed by atoms with Crippen molar-refractivity contribution in [3.8, 4) is 0 Å². The minimum atomic E-state index is -1.36. The van der Waals surface area contributed by atoms with Crippen LogP contribution in [0, 0.1) is 11.8 Å². The molecule has 2 aliphatic heterocycles. The lowest BCUT2D eigenvalue weighted by Gasteiger charge is -2.48. The standard InChI is InChI=1S/C20H39NO8/c1-19(2,26)11-9-28-18(17(25)14(11)22)29-20(3,4)12-10-27-13(7-6-8-21-5)16(24)15(12)23/h11-18,21-26H,6-10H2,1-5H3. The van der Waals surface area contributed by atoms with Crippen molar-refractivity contribution in [2.75, 3.05) is 26.8 Å². The first-order valence-corrected chi connectivity index (χ1v) is 10.4.